The molecule has 0 rings (SSSR count). The van der Waals surface area contributed by atoms with Crippen LogP contribution in [0.1, 0.15) is 316 Å². The predicted molar refractivity (Wildman–Crippen MR) is 253 cm³/mol. The Labute approximate surface area is 398 Å². The Balaban J connectivity index is -0.000000382. The van der Waals surface area contributed by atoms with E-state index in [9.17, 15) is 24.6 Å². The number of carbonyl (C=O) groups excluding carboxylic acids is 2. The Morgan fingerprint density at radius 2 is 0.407 bits per heavy atom. The van der Waals surface area contributed by atoms with Gasteiger partial charge in [-0.1, -0.05) is 278 Å². The van der Waals surface area contributed by atoms with Crippen LogP contribution in [-0.4, -0.2) is 60.8 Å². The summed E-state index contributed by atoms with van der Waals surface area (Å²) in [5.41, 5.74) is 0. The normalized spacial score (nSPS) is 10.6. The van der Waals surface area contributed by atoms with Crippen LogP contribution in [-0.2, 0) is 14.4 Å². The molecule has 6 nitrogen and oxygen atoms in total. The third kappa shape index (κ3) is 75.5. The second kappa shape index (κ2) is 62.0. The molecule has 1 N–H and O–H groups in total. The van der Waals surface area contributed by atoms with Crippen LogP contribution < -0.4 is 10.2 Å². The van der Waals surface area contributed by atoms with Gasteiger partial charge in [0.05, 0.1) is 0 Å². The van der Waals surface area contributed by atoms with Crippen LogP contribution in [0, 0.1) is 0 Å². The molecule has 348 valence electrons. The van der Waals surface area contributed by atoms with Crippen LogP contribution >= 0.6 is 0 Å². The Morgan fingerprint density at radius 1 is 0.271 bits per heavy atom. The van der Waals surface area contributed by atoms with Crippen molar-refractivity contribution in [2.45, 2.75) is 316 Å². The molecule has 0 aromatic rings. The van der Waals surface area contributed by atoms with Gasteiger partial charge < -0.3 is 24.9 Å². The van der Waals surface area contributed by atoms with Gasteiger partial charge >= 0.3 is 43.7 Å². The molecule has 0 saturated heterocycles. The van der Waals surface area contributed by atoms with Gasteiger partial charge in [0.25, 0.3) is 0 Å². The van der Waals surface area contributed by atoms with E-state index in [4.69, 9.17) is 5.11 Å². The average Bonchev–Trinajstić information content (AvgIpc) is 3.20. The third-order valence-electron chi connectivity index (χ3n) is 11.5. The van der Waals surface area contributed by atoms with E-state index in [2.05, 4.69) is 20.8 Å². The quantitative estimate of drug-likeness (QED) is 0.0481. The summed E-state index contributed by atoms with van der Waals surface area (Å²) in [6.07, 6.45) is 57.0. The number of hydrogen-bond acceptors (Lipinski definition) is 5. The number of rotatable bonds is 46. The van der Waals surface area contributed by atoms with E-state index >= 15 is 0 Å². The van der Waals surface area contributed by atoms with Gasteiger partial charge in [-0.2, -0.15) is 0 Å². The molecule has 0 heterocycles. The molecule has 0 aliphatic heterocycles. The number of hydrogen-bond donors (Lipinski definition) is 1. The van der Waals surface area contributed by atoms with E-state index in [1.165, 1.54) is 238 Å². The Bertz CT molecular complexity index is 747. The molecular formula is C52H102CaO6. The fourth-order valence-electron chi connectivity index (χ4n) is 7.58. The first-order chi connectivity index (χ1) is 28.3. The summed E-state index contributed by atoms with van der Waals surface area (Å²) in [4.78, 5) is 30.7. The van der Waals surface area contributed by atoms with E-state index in [1.54, 1.807) is 0 Å². The first-order valence-corrected chi connectivity index (χ1v) is 25.9. The molecule has 0 radical (unpaired) electrons. The Hall–Kier alpha value is -0.330. The molecular weight excluding hydrogens is 761 g/mol. The van der Waals surface area contributed by atoms with Crippen LogP contribution in [0.25, 0.3) is 0 Å². The molecule has 0 bridgehead atoms. The molecule has 0 aliphatic carbocycles. The number of carboxylic acids is 3. The van der Waals surface area contributed by atoms with Gasteiger partial charge in [0.15, 0.2) is 0 Å². The molecule has 0 unspecified atom stereocenters. The fourth-order valence-corrected chi connectivity index (χ4v) is 7.58. The molecule has 0 atom stereocenters. The van der Waals surface area contributed by atoms with E-state index in [1.807, 2.05) is 0 Å². The Morgan fingerprint density at radius 3 is 0.542 bits per heavy atom. The largest absolute Gasteiger partial charge is 2.00 e. The fraction of sp³-hybridized carbons (Fsp3) is 0.942. The minimum atomic E-state index is -0.903. The smallest absolute Gasteiger partial charge is 0.550 e. The summed E-state index contributed by atoms with van der Waals surface area (Å²) in [5.74, 6) is -2.46. The summed E-state index contributed by atoms with van der Waals surface area (Å²) >= 11 is 0. The molecule has 0 fully saturated rings. The summed E-state index contributed by atoms with van der Waals surface area (Å²) < 4.78 is 0. The van der Waals surface area contributed by atoms with Crippen molar-refractivity contribution in [3.05, 3.63) is 0 Å². The maximum absolute atomic E-state index is 10.3. The standard InChI is InChI=1S/2C18H36O2.C16H32O2.Ca/c2*1-2-3-4-5-6-7-8-9-10-11-12-13-14-15-16-17-18(19)20;1-2-3-4-5-6-7-8-9-10-11-12-13-14-15-16(17)18;/h2*2-17H2,1H3,(H,19,20);2-15H2,1H3,(H,17,18);/q;;;+2/p-2. The van der Waals surface area contributed by atoms with Gasteiger partial charge in [0.1, 0.15) is 0 Å². The molecule has 0 aromatic carbocycles. The zero-order valence-electron chi connectivity index (χ0n) is 40.2. The first kappa shape index (κ1) is 65.3. The molecule has 59 heavy (non-hydrogen) atoms. The van der Waals surface area contributed by atoms with Crippen LogP contribution in [0.3, 0.4) is 0 Å². The summed E-state index contributed by atoms with van der Waals surface area (Å²) in [6.45, 7) is 6.79. The second-order valence-corrected chi connectivity index (χ2v) is 17.5. The maximum Gasteiger partial charge on any atom is 2.00 e. The molecule has 7 heteroatoms. The van der Waals surface area contributed by atoms with Gasteiger partial charge in [-0.25, -0.2) is 0 Å². The average molecular weight is 863 g/mol. The minimum Gasteiger partial charge on any atom is -0.550 e. The first-order valence-electron chi connectivity index (χ1n) is 25.9. The molecule has 0 spiro atoms. The molecule has 0 aliphatic rings. The molecule has 0 aromatic heterocycles. The second-order valence-electron chi connectivity index (χ2n) is 17.5. The van der Waals surface area contributed by atoms with E-state index in [-0.39, 0.29) is 50.6 Å². The zero-order chi connectivity index (χ0) is 43.3. The van der Waals surface area contributed by atoms with Crippen molar-refractivity contribution >= 4 is 55.6 Å². The monoisotopic (exact) mass is 863 g/mol. The van der Waals surface area contributed by atoms with Crippen molar-refractivity contribution < 1.29 is 29.7 Å². The van der Waals surface area contributed by atoms with Crippen molar-refractivity contribution in [3.8, 4) is 0 Å². The van der Waals surface area contributed by atoms with Gasteiger partial charge in [-0.05, 0) is 32.1 Å². The summed E-state index contributed by atoms with van der Waals surface area (Å²) in [7, 11) is 0. The summed E-state index contributed by atoms with van der Waals surface area (Å²) in [5, 5.41) is 28.9. The topological polar surface area (TPSA) is 118 Å². The number of unbranched alkanes of at least 4 members (excludes halogenated alkanes) is 40. The van der Waals surface area contributed by atoms with Crippen molar-refractivity contribution in [1.82, 2.24) is 0 Å². The van der Waals surface area contributed by atoms with Gasteiger partial charge in [0.2, 0.25) is 0 Å². The maximum atomic E-state index is 10.3. The van der Waals surface area contributed by atoms with Crippen LogP contribution in [0.5, 0.6) is 0 Å². The zero-order valence-corrected chi connectivity index (χ0v) is 42.4. The SMILES string of the molecule is CCCCCCCCCCCCCCCC(=O)O.CCCCCCCCCCCCCCCCCC(=O)[O-].CCCCCCCCCCCCCCCCCC(=O)[O-].[Ca+2]. The molecule has 0 saturated carbocycles. The number of carbonyl (C=O) groups is 3. The predicted octanol–water partition coefficient (Wildman–Crippen LogP) is 15.2. The van der Waals surface area contributed by atoms with Gasteiger partial charge in [0, 0.05) is 18.4 Å². The van der Waals surface area contributed by atoms with Crippen molar-refractivity contribution in [3.63, 3.8) is 0 Å². The van der Waals surface area contributed by atoms with E-state index in [0.717, 1.165) is 38.5 Å². The van der Waals surface area contributed by atoms with Crippen LogP contribution in [0.15, 0.2) is 0 Å². The summed E-state index contributed by atoms with van der Waals surface area (Å²) in [6, 6.07) is 0. The van der Waals surface area contributed by atoms with Crippen LogP contribution in [0.2, 0.25) is 0 Å². The Kier molecular flexibility index (Phi) is 68.6. The van der Waals surface area contributed by atoms with Crippen molar-refractivity contribution in [2.24, 2.45) is 0 Å². The van der Waals surface area contributed by atoms with Crippen molar-refractivity contribution in [1.29, 1.82) is 0 Å². The minimum absolute atomic E-state index is 0. The van der Waals surface area contributed by atoms with E-state index in [0.29, 0.717) is 6.42 Å². The van der Waals surface area contributed by atoms with Crippen molar-refractivity contribution in [2.75, 3.05) is 0 Å². The number of carboxylic acid groups (broad SMARTS) is 3. The molecule has 0 amide bonds. The van der Waals surface area contributed by atoms with Crippen LogP contribution in [0.4, 0.5) is 0 Å². The van der Waals surface area contributed by atoms with E-state index < -0.39 is 17.9 Å². The van der Waals surface area contributed by atoms with Gasteiger partial charge in [-0.15, -0.1) is 0 Å². The number of aliphatic carboxylic acids is 3. The third-order valence-corrected chi connectivity index (χ3v) is 11.5. The van der Waals surface area contributed by atoms with Gasteiger partial charge in [-0.3, -0.25) is 4.79 Å².